The maximum absolute atomic E-state index is 5.46. The number of hydrogen-bond donors (Lipinski definition) is 2. The summed E-state index contributed by atoms with van der Waals surface area (Å²) in [7, 11) is 1.94. The topological polar surface area (TPSA) is 58.0 Å². The van der Waals surface area contributed by atoms with Gasteiger partial charge in [-0.25, -0.2) is 5.43 Å². The molecule has 0 saturated heterocycles. The van der Waals surface area contributed by atoms with Crippen LogP contribution in [0.5, 0.6) is 0 Å². The molecule has 0 atom stereocenters. The number of rotatable bonds is 1. The molecule has 1 aliphatic carbocycles. The lowest BCUT2D eigenvalue weighted by Gasteiger charge is -2.39. The Hall–Kier alpha value is -0.860. The van der Waals surface area contributed by atoms with E-state index in [1.165, 1.54) is 31.0 Å². The van der Waals surface area contributed by atoms with E-state index in [2.05, 4.69) is 20.8 Å². The number of fused-ring (bicyclic) bond motifs is 1. The quantitative estimate of drug-likeness (QED) is 0.604. The highest BCUT2D eigenvalue weighted by Crippen LogP contribution is 2.31. The Balaban J connectivity index is 1.99. The average Bonchev–Trinajstić information content (AvgIpc) is 2.77. The highest BCUT2D eigenvalue weighted by molar-refractivity contribution is 7.98. The monoisotopic (exact) mass is 298 g/mol. The molecule has 0 unspecified atom stereocenters. The highest BCUT2D eigenvalue weighted by Gasteiger charge is 2.38. The van der Waals surface area contributed by atoms with Crippen LogP contribution in [0, 0.1) is 0 Å². The van der Waals surface area contributed by atoms with Crippen molar-refractivity contribution < 1.29 is 0 Å². The number of thiocarbonyl (C=S) groups is 1. The molecule has 1 aromatic rings. The van der Waals surface area contributed by atoms with Gasteiger partial charge in [-0.3, -0.25) is 5.01 Å². The molecular weight excluding hydrogens is 280 g/mol. The normalized spacial score (nSPS) is 22.0. The lowest BCUT2D eigenvalue weighted by molar-refractivity contribution is 0.175. The van der Waals surface area contributed by atoms with E-state index >= 15 is 0 Å². The molecule has 1 spiro atoms. The summed E-state index contributed by atoms with van der Waals surface area (Å²) in [6.45, 7) is 0. The van der Waals surface area contributed by atoms with E-state index in [1.54, 1.807) is 4.68 Å². The Bertz CT molecular complexity index is 493. The second-order valence-electron chi connectivity index (χ2n) is 5.06. The fraction of sp³-hybridized carbons (Fsp3) is 0.727. The van der Waals surface area contributed by atoms with Crippen molar-refractivity contribution in [1.29, 1.82) is 0 Å². The van der Waals surface area contributed by atoms with Crippen molar-refractivity contribution in [2.24, 2.45) is 0 Å². The number of thioether (sulfide) groups is 1. The molecular formula is C11H18N6S2. The third-order valence-electron chi connectivity index (χ3n) is 3.68. The van der Waals surface area contributed by atoms with Crippen molar-refractivity contribution in [3.63, 3.8) is 0 Å². The fourth-order valence-corrected chi connectivity index (χ4v) is 3.25. The molecule has 0 aromatic carbocycles. The van der Waals surface area contributed by atoms with Gasteiger partial charge in [-0.1, -0.05) is 18.2 Å². The first kappa shape index (κ1) is 13.1. The van der Waals surface area contributed by atoms with Crippen LogP contribution in [0.1, 0.15) is 32.1 Å². The molecule has 2 heterocycles. The van der Waals surface area contributed by atoms with Crippen molar-refractivity contribution in [2.45, 2.75) is 42.9 Å². The van der Waals surface area contributed by atoms with Gasteiger partial charge in [-0.2, -0.15) is 9.67 Å². The highest BCUT2D eigenvalue weighted by atomic mass is 32.2. The van der Waals surface area contributed by atoms with Crippen LogP contribution < -0.4 is 10.7 Å². The number of nitrogens with one attached hydrogen (secondary N) is 2. The first-order valence-corrected chi connectivity index (χ1v) is 8.12. The van der Waals surface area contributed by atoms with Crippen LogP contribution in [-0.4, -0.2) is 43.9 Å². The van der Waals surface area contributed by atoms with Gasteiger partial charge in [0.05, 0.1) is 0 Å². The Kier molecular flexibility index (Phi) is 3.40. The van der Waals surface area contributed by atoms with Crippen LogP contribution in [0.3, 0.4) is 0 Å². The van der Waals surface area contributed by atoms with E-state index in [0.29, 0.717) is 5.11 Å². The zero-order chi connectivity index (χ0) is 13.5. The lowest BCUT2D eigenvalue weighted by Crippen LogP contribution is -2.58. The third kappa shape index (κ3) is 2.32. The maximum atomic E-state index is 5.46. The van der Waals surface area contributed by atoms with E-state index in [9.17, 15) is 0 Å². The Morgan fingerprint density at radius 2 is 2.05 bits per heavy atom. The van der Waals surface area contributed by atoms with Gasteiger partial charge in [0.2, 0.25) is 16.2 Å². The second kappa shape index (κ2) is 4.92. The summed E-state index contributed by atoms with van der Waals surface area (Å²) >= 11 is 6.98. The second-order valence-corrected chi connectivity index (χ2v) is 6.19. The summed E-state index contributed by atoms with van der Waals surface area (Å²) in [6.07, 6.45) is 7.83. The molecule has 1 saturated carbocycles. The van der Waals surface area contributed by atoms with E-state index in [-0.39, 0.29) is 5.66 Å². The van der Waals surface area contributed by atoms with Gasteiger partial charge in [0.15, 0.2) is 0 Å². The molecule has 19 heavy (non-hydrogen) atoms. The minimum absolute atomic E-state index is 0.145. The number of nitrogens with zero attached hydrogens (tertiary/aromatic N) is 4. The predicted octanol–water partition coefficient (Wildman–Crippen LogP) is 1.66. The Labute approximate surface area is 122 Å². The molecule has 0 radical (unpaired) electrons. The van der Waals surface area contributed by atoms with Gasteiger partial charge >= 0.3 is 0 Å². The molecule has 1 aromatic heterocycles. The summed E-state index contributed by atoms with van der Waals surface area (Å²) < 4.78 is 1.71. The number of hydrazine groups is 1. The van der Waals surface area contributed by atoms with Gasteiger partial charge < -0.3 is 5.32 Å². The van der Waals surface area contributed by atoms with Crippen molar-refractivity contribution >= 4 is 35.0 Å². The van der Waals surface area contributed by atoms with Crippen molar-refractivity contribution in [3.8, 4) is 0 Å². The summed E-state index contributed by atoms with van der Waals surface area (Å²) in [4.78, 5) is 4.51. The molecule has 6 nitrogen and oxygen atoms in total. The van der Waals surface area contributed by atoms with Gasteiger partial charge in [-0.15, -0.1) is 5.10 Å². The van der Waals surface area contributed by atoms with Crippen molar-refractivity contribution in [3.05, 3.63) is 0 Å². The van der Waals surface area contributed by atoms with Gasteiger partial charge in [0.1, 0.15) is 5.66 Å². The average molecular weight is 298 g/mol. The Morgan fingerprint density at radius 1 is 1.32 bits per heavy atom. The zero-order valence-electron chi connectivity index (χ0n) is 11.1. The standard InChI is InChI=1S/C11H18N6S2/c1-16-10(18)17-8(12-9(14-17)19-2)13-11(15-16)6-4-3-5-7-11/h15H,3-7H2,1-2H3,(H,12,13,14). The number of hydrogen-bond acceptors (Lipinski definition) is 6. The van der Waals surface area contributed by atoms with Gasteiger partial charge in [0.25, 0.3) is 0 Å². The lowest BCUT2D eigenvalue weighted by atomic mass is 9.89. The maximum Gasteiger partial charge on any atom is 0.230 e. The number of anilines is 1. The van der Waals surface area contributed by atoms with Gasteiger partial charge in [-0.05, 0) is 44.2 Å². The van der Waals surface area contributed by atoms with Crippen LogP contribution in [0.4, 0.5) is 5.95 Å². The fourth-order valence-electron chi connectivity index (χ4n) is 2.74. The zero-order valence-corrected chi connectivity index (χ0v) is 12.8. The summed E-state index contributed by atoms with van der Waals surface area (Å²) in [5.41, 5.74) is 3.34. The van der Waals surface area contributed by atoms with E-state index in [4.69, 9.17) is 12.2 Å². The minimum Gasteiger partial charge on any atom is -0.334 e. The molecule has 1 aliphatic heterocycles. The molecule has 3 rings (SSSR count). The first-order chi connectivity index (χ1) is 9.13. The van der Waals surface area contributed by atoms with Crippen LogP contribution in [-0.2, 0) is 0 Å². The summed E-state index contributed by atoms with van der Waals surface area (Å²) in [5, 5.41) is 11.2. The largest absolute Gasteiger partial charge is 0.334 e. The van der Waals surface area contributed by atoms with E-state index < -0.39 is 0 Å². The molecule has 8 heteroatoms. The molecule has 2 aliphatic rings. The number of aromatic nitrogens is 3. The molecule has 104 valence electrons. The van der Waals surface area contributed by atoms with Crippen LogP contribution >= 0.6 is 24.0 Å². The van der Waals surface area contributed by atoms with Crippen LogP contribution in [0.15, 0.2) is 5.16 Å². The van der Waals surface area contributed by atoms with Crippen LogP contribution in [0.25, 0.3) is 0 Å². The van der Waals surface area contributed by atoms with E-state index in [0.717, 1.165) is 23.9 Å². The van der Waals surface area contributed by atoms with E-state index in [1.807, 2.05) is 18.3 Å². The molecule has 0 bridgehead atoms. The summed E-state index contributed by atoms with van der Waals surface area (Å²) in [6, 6.07) is 0. The smallest absolute Gasteiger partial charge is 0.230 e. The molecule has 1 fully saturated rings. The minimum atomic E-state index is -0.145. The van der Waals surface area contributed by atoms with Crippen molar-refractivity contribution in [1.82, 2.24) is 25.2 Å². The van der Waals surface area contributed by atoms with Gasteiger partial charge in [0, 0.05) is 7.05 Å². The summed E-state index contributed by atoms with van der Waals surface area (Å²) in [5.74, 6) is 0.744. The molecule has 2 N–H and O–H groups in total. The van der Waals surface area contributed by atoms with Crippen LogP contribution in [0.2, 0.25) is 0 Å². The third-order valence-corrected chi connectivity index (χ3v) is 4.66. The molecule has 0 amide bonds. The first-order valence-electron chi connectivity index (χ1n) is 6.49. The van der Waals surface area contributed by atoms with Crippen molar-refractivity contribution in [2.75, 3.05) is 18.6 Å². The predicted molar refractivity (Wildman–Crippen MR) is 80.1 cm³/mol. The SMILES string of the molecule is CSc1nc2n(n1)C(=S)N(C)NC1(CCCCC1)N2. The Morgan fingerprint density at radius 3 is 2.74 bits per heavy atom.